The van der Waals surface area contributed by atoms with Crippen molar-refractivity contribution in [2.24, 2.45) is 0 Å². The molecular weight excluding hydrogens is 265 g/mol. The maximum absolute atomic E-state index is 12.0. The first-order valence-corrected chi connectivity index (χ1v) is 7.67. The van der Waals surface area contributed by atoms with Crippen LogP contribution in [0.15, 0.2) is 35.2 Å². The third kappa shape index (κ3) is 6.09. The Bertz CT molecular complexity index is 399. The first kappa shape index (κ1) is 16.0. The predicted octanol–water partition coefficient (Wildman–Crippen LogP) is 2.15. The van der Waals surface area contributed by atoms with E-state index in [4.69, 9.17) is 9.47 Å². The van der Waals surface area contributed by atoms with Gasteiger partial charge in [-0.15, -0.1) is 0 Å². The topological polar surface area (TPSA) is 52.6 Å². The Hall–Kier alpha value is -1.04. The second-order valence-electron chi connectivity index (χ2n) is 3.89. The minimum atomic E-state index is -1.30. The van der Waals surface area contributed by atoms with Crippen molar-refractivity contribution in [2.45, 2.75) is 31.5 Å². The lowest BCUT2D eigenvalue weighted by Gasteiger charge is -2.15. The fraction of sp³-hybridized carbons (Fsp3) is 0.500. The molecule has 0 aliphatic carbocycles. The van der Waals surface area contributed by atoms with E-state index in [1.807, 2.05) is 19.9 Å². The number of carbonyl (C=O) groups excluding carboxylic acids is 1. The summed E-state index contributed by atoms with van der Waals surface area (Å²) in [5.74, 6) is -0.116. The van der Waals surface area contributed by atoms with Crippen molar-refractivity contribution in [1.82, 2.24) is 0 Å². The monoisotopic (exact) mass is 285 g/mol. The molecule has 1 aromatic rings. The fourth-order valence-electron chi connectivity index (χ4n) is 1.58. The lowest BCUT2D eigenvalue weighted by Crippen LogP contribution is -2.24. The molecule has 1 aromatic carbocycles. The van der Waals surface area contributed by atoms with Crippen LogP contribution < -0.4 is 0 Å². The van der Waals surface area contributed by atoms with Crippen molar-refractivity contribution in [2.75, 3.05) is 19.0 Å². The van der Waals surface area contributed by atoms with Crippen LogP contribution in [-0.2, 0) is 25.1 Å². The highest BCUT2D eigenvalue weighted by atomic mass is 32.2. The van der Waals surface area contributed by atoms with Crippen molar-refractivity contribution >= 4 is 16.6 Å². The molecule has 1 atom stereocenters. The van der Waals surface area contributed by atoms with Crippen LogP contribution >= 0.6 is 0 Å². The van der Waals surface area contributed by atoms with Crippen LogP contribution in [-0.4, -0.2) is 35.2 Å². The van der Waals surface area contributed by atoms with Crippen molar-refractivity contribution < 1.29 is 18.5 Å². The summed E-state index contributed by atoms with van der Waals surface area (Å²) >= 11 is 0. The third-order valence-corrected chi connectivity index (χ3v) is 3.78. The van der Waals surface area contributed by atoms with Gasteiger partial charge in [-0.3, -0.25) is 9.00 Å². The van der Waals surface area contributed by atoms with Crippen LogP contribution in [0.5, 0.6) is 0 Å². The molecule has 1 unspecified atom stereocenters. The van der Waals surface area contributed by atoms with Crippen LogP contribution in [0.3, 0.4) is 0 Å². The summed E-state index contributed by atoms with van der Waals surface area (Å²) in [7, 11) is -1.30. The molecule has 0 aromatic heterocycles. The Morgan fingerprint density at radius 2 is 1.74 bits per heavy atom. The van der Waals surface area contributed by atoms with Gasteiger partial charge in [0.25, 0.3) is 0 Å². The van der Waals surface area contributed by atoms with Gasteiger partial charge in [-0.25, -0.2) is 0 Å². The van der Waals surface area contributed by atoms with Gasteiger partial charge in [0.1, 0.15) is 0 Å². The van der Waals surface area contributed by atoms with Gasteiger partial charge in [0.15, 0.2) is 12.1 Å². The van der Waals surface area contributed by atoms with E-state index in [9.17, 15) is 9.00 Å². The summed E-state index contributed by atoms with van der Waals surface area (Å²) in [6.45, 7) is 4.66. The van der Waals surface area contributed by atoms with Crippen molar-refractivity contribution in [1.29, 1.82) is 0 Å². The van der Waals surface area contributed by atoms with Gasteiger partial charge in [-0.1, -0.05) is 18.2 Å². The maximum atomic E-state index is 12.0. The molecule has 106 valence electrons. The summed E-state index contributed by atoms with van der Waals surface area (Å²) in [6.07, 6.45) is -0.393. The molecule has 4 nitrogen and oxygen atoms in total. The Kier molecular flexibility index (Phi) is 7.55. The lowest BCUT2D eigenvalue weighted by molar-refractivity contribution is -0.150. The molecule has 0 heterocycles. The average molecular weight is 285 g/mol. The molecule has 0 fully saturated rings. The quantitative estimate of drug-likeness (QED) is 0.652. The van der Waals surface area contributed by atoms with Gasteiger partial charge in [-0.05, 0) is 26.0 Å². The normalized spacial score (nSPS) is 12.6. The number of hydrogen-bond acceptors (Lipinski definition) is 4. The zero-order chi connectivity index (χ0) is 14.1. The molecule has 0 saturated carbocycles. The Balaban J connectivity index is 2.48. The largest absolute Gasteiger partial charge is 0.352 e. The summed E-state index contributed by atoms with van der Waals surface area (Å²) in [6, 6.07) is 8.97. The van der Waals surface area contributed by atoms with E-state index in [1.54, 1.807) is 24.3 Å². The van der Waals surface area contributed by atoms with E-state index >= 15 is 0 Å². The number of hydrogen-bond donors (Lipinski definition) is 0. The number of ketones is 1. The minimum Gasteiger partial charge on any atom is -0.352 e. The average Bonchev–Trinajstić information content (AvgIpc) is 2.40. The van der Waals surface area contributed by atoms with Crippen molar-refractivity contribution in [3.05, 3.63) is 30.3 Å². The van der Waals surface area contributed by atoms with Crippen LogP contribution in [0.4, 0.5) is 0 Å². The van der Waals surface area contributed by atoms with E-state index in [-0.39, 0.29) is 18.0 Å². The van der Waals surface area contributed by atoms with Crippen molar-refractivity contribution in [3.63, 3.8) is 0 Å². The molecule has 0 aliphatic heterocycles. The van der Waals surface area contributed by atoms with Gasteiger partial charge >= 0.3 is 0 Å². The second-order valence-corrected chi connectivity index (χ2v) is 5.34. The second kappa shape index (κ2) is 8.96. The Morgan fingerprint density at radius 1 is 1.16 bits per heavy atom. The highest BCUT2D eigenvalue weighted by Crippen LogP contribution is 2.08. The maximum Gasteiger partial charge on any atom is 0.164 e. The standard InChI is InChI=1S/C14H20O4S/c1-3-17-14(18-4-2)10-12(15)11-19(16)13-8-6-5-7-9-13/h5-9,14H,3-4,10-11H2,1-2H3/i13+1. The number of ether oxygens (including phenoxy) is 2. The summed E-state index contributed by atoms with van der Waals surface area (Å²) in [4.78, 5) is 12.5. The molecule has 0 spiro atoms. The first-order valence-electron chi connectivity index (χ1n) is 6.35. The summed E-state index contributed by atoms with van der Waals surface area (Å²) in [5.41, 5.74) is 0. The lowest BCUT2D eigenvalue weighted by atomic mass is 10.3. The molecule has 1 rings (SSSR count). The van der Waals surface area contributed by atoms with Gasteiger partial charge in [0, 0.05) is 18.1 Å². The third-order valence-electron chi connectivity index (χ3n) is 2.40. The van der Waals surface area contributed by atoms with E-state index in [1.165, 1.54) is 0 Å². The molecule has 5 heteroatoms. The number of rotatable bonds is 9. The van der Waals surface area contributed by atoms with Gasteiger partial charge in [0.2, 0.25) is 0 Å². The van der Waals surface area contributed by atoms with E-state index < -0.39 is 17.1 Å². The predicted molar refractivity (Wildman–Crippen MR) is 74.4 cm³/mol. The minimum absolute atomic E-state index is 0.000657. The molecule has 0 bridgehead atoms. The smallest absolute Gasteiger partial charge is 0.164 e. The summed E-state index contributed by atoms with van der Waals surface area (Å²) in [5, 5.41) is 0. The Labute approximate surface area is 116 Å². The SMILES string of the molecule is CCOC(CC(=O)CS(=O)[13c]1ccccc1)OCC. The highest BCUT2D eigenvalue weighted by molar-refractivity contribution is 7.85. The van der Waals surface area contributed by atoms with Crippen LogP contribution in [0.25, 0.3) is 0 Å². The number of Topliss-reactive ketones (excluding diaryl/α,β-unsaturated/α-hetero) is 1. The van der Waals surface area contributed by atoms with Gasteiger partial charge in [-0.2, -0.15) is 0 Å². The molecule has 0 radical (unpaired) electrons. The Morgan fingerprint density at radius 3 is 2.26 bits per heavy atom. The molecule has 0 N–H and O–H groups in total. The summed E-state index contributed by atoms with van der Waals surface area (Å²) < 4.78 is 22.6. The van der Waals surface area contributed by atoms with Crippen LogP contribution in [0.2, 0.25) is 0 Å². The van der Waals surface area contributed by atoms with Gasteiger partial charge < -0.3 is 9.47 Å². The molecule has 0 aliphatic rings. The molecule has 0 saturated heterocycles. The fourth-order valence-corrected chi connectivity index (χ4v) is 2.62. The number of benzene rings is 1. The molecule has 0 amide bonds. The van der Waals surface area contributed by atoms with E-state index in [0.29, 0.717) is 18.1 Å². The highest BCUT2D eigenvalue weighted by Gasteiger charge is 2.16. The van der Waals surface area contributed by atoms with Gasteiger partial charge in [0.05, 0.1) is 23.0 Å². The van der Waals surface area contributed by atoms with Crippen LogP contribution in [0, 0.1) is 0 Å². The zero-order valence-electron chi connectivity index (χ0n) is 11.3. The first-order chi connectivity index (χ1) is 9.17. The molecular formula is C14H20O4S. The zero-order valence-corrected chi connectivity index (χ0v) is 12.2. The van der Waals surface area contributed by atoms with Crippen LogP contribution in [0.1, 0.15) is 20.3 Å². The van der Waals surface area contributed by atoms with Crippen molar-refractivity contribution in [3.8, 4) is 0 Å². The van der Waals surface area contributed by atoms with E-state index in [0.717, 1.165) is 0 Å². The molecule has 19 heavy (non-hydrogen) atoms. The number of carbonyl (C=O) groups is 1. The van der Waals surface area contributed by atoms with E-state index in [2.05, 4.69) is 0 Å².